The minimum Gasteiger partial charge on any atom is -0.293 e. The molecule has 2 rings (SSSR count). The molecule has 0 radical (unpaired) electrons. The number of ketones is 1. The third kappa shape index (κ3) is 2.64. The number of aromatic nitrogens is 1. The van der Waals surface area contributed by atoms with Gasteiger partial charge >= 0.3 is 0 Å². The van der Waals surface area contributed by atoms with Gasteiger partial charge in [-0.15, -0.1) is 11.3 Å². The van der Waals surface area contributed by atoms with E-state index in [1.807, 2.05) is 20.8 Å². The van der Waals surface area contributed by atoms with Gasteiger partial charge in [0.25, 0.3) is 0 Å². The van der Waals surface area contributed by atoms with Crippen LogP contribution < -0.4 is 0 Å². The highest BCUT2D eigenvalue weighted by Crippen LogP contribution is 2.20. The summed E-state index contributed by atoms with van der Waals surface area (Å²) in [5.41, 5.74) is 2.45. The lowest BCUT2D eigenvalue weighted by molar-refractivity contribution is 0.0996. The fourth-order valence-electron chi connectivity index (χ4n) is 1.90. The van der Waals surface area contributed by atoms with Crippen LogP contribution in [0.5, 0.6) is 0 Å². The first kappa shape index (κ1) is 12.9. The predicted molar refractivity (Wildman–Crippen MR) is 70.8 cm³/mol. The topological polar surface area (TPSA) is 30.0 Å². The number of thiazole rings is 1. The normalized spacial score (nSPS) is 10.7. The van der Waals surface area contributed by atoms with Crippen LogP contribution >= 0.6 is 11.3 Å². The van der Waals surface area contributed by atoms with E-state index in [1.165, 1.54) is 23.5 Å². The Morgan fingerprint density at radius 2 is 2.06 bits per heavy atom. The van der Waals surface area contributed by atoms with Crippen molar-refractivity contribution in [2.45, 2.75) is 27.2 Å². The van der Waals surface area contributed by atoms with Gasteiger partial charge in [0.15, 0.2) is 5.78 Å². The molecule has 4 heteroatoms. The second kappa shape index (κ2) is 4.98. The number of aryl methyl sites for hydroxylation is 3. The second-order valence-corrected chi connectivity index (χ2v) is 5.52. The SMILES string of the molecule is Cc1nc(C)c(C(=O)Cc2ccc(F)cc2C)s1. The van der Waals surface area contributed by atoms with Crippen LogP contribution in [0.4, 0.5) is 4.39 Å². The lowest BCUT2D eigenvalue weighted by atomic mass is 10.0. The lowest BCUT2D eigenvalue weighted by Gasteiger charge is -2.04. The molecule has 18 heavy (non-hydrogen) atoms. The Labute approximate surface area is 110 Å². The van der Waals surface area contributed by atoms with Crippen LogP contribution in [0.15, 0.2) is 18.2 Å². The molecule has 0 atom stereocenters. The van der Waals surface area contributed by atoms with E-state index in [1.54, 1.807) is 6.07 Å². The van der Waals surface area contributed by atoms with E-state index in [-0.39, 0.29) is 11.6 Å². The van der Waals surface area contributed by atoms with Crippen LogP contribution in [0.2, 0.25) is 0 Å². The summed E-state index contributed by atoms with van der Waals surface area (Å²) >= 11 is 1.42. The highest BCUT2D eigenvalue weighted by atomic mass is 32.1. The molecule has 1 aromatic heterocycles. The first-order chi connectivity index (χ1) is 8.47. The molecule has 2 nitrogen and oxygen atoms in total. The molecule has 0 saturated carbocycles. The number of nitrogens with zero attached hydrogens (tertiary/aromatic N) is 1. The monoisotopic (exact) mass is 263 g/mol. The van der Waals surface area contributed by atoms with Crippen molar-refractivity contribution in [3.05, 3.63) is 50.7 Å². The smallest absolute Gasteiger partial charge is 0.179 e. The van der Waals surface area contributed by atoms with Crippen molar-refractivity contribution in [3.8, 4) is 0 Å². The summed E-state index contributed by atoms with van der Waals surface area (Å²) in [6.07, 6.45) is 0.300. The number of carbonyl (C=O) groups is 1. The summed E-state index contributed by atoms with van der Waals surface area (Å²) in [5, 5.41) is 0.895. The van der Waals surface area contributed by atoms with Gasteiger partial charge in [-0.05, 0) is 44.0 Å². The molecule has 0 unspecified atom stereocenters. The van der Waals surface area contributed by atoms with Crippen LogP contribution in [0.3, 0.4) is 0 Å². The number of Topliss-reactive ketones (excluding diaryl/α,β-unsaturated/α-hetero) is 1. The summed E-state index contributed by atoms with van der Waals surface area (Å²) in [5.74, 6) is -0.221. The summed E-state index contributed by atoms with van der Waals surface area (Å²) in [4.78, 5) is 17.1. The van der Waals surface area contributed by atoms with Gasteiger partial charge in [-0.3, -0.25) is 4.79 Å². The minimum atomic E-state index is -0.270. The first-order valence-electron chi connectivity index (χ1n) is 5.69. The van der Waals surface area contributed by atoms with Gasteiger partial charge in [0.05, 0.1) is 15.6 Å². The summed E-state index contributed by atoms with van der Waals surface area (Å²) in [7, 11) is 0. The van der Waals surface area contributed by atoms with Crippen molar-refractivity contribution >= 4 is 17.1 Å². The van der Waals surface area contributed by atoms with Gasteiger partial charge in [0.2, 0.25) is 0 Å². The van der Waals surface area contributed by atoms with Crippen molar-refractivity contribution in [3.63, 3.8) is 0 Å². The molecule has 0 saturated heterocycles. The van der Waals surface area contributed by atoms with Crippen molar-refractivity contribution in [2.75, 3.05) is 0 Å². The molecule has 0 amide bonds. The molecule has 0 N–H and O–H groups in total. The van der Waals surface area contributed by atoms with E-state index in [4.69, 9.17) is 0 Å². The Morgan fingerprint density at radius 1 is 1.33 bits per heavy atom. The maximum Gasteiger partial charge on any atom is 0.179 e. The van der Waals surface area contributed by atoms with Crippen LogP contribution in [-0.4, -0.2) is 10.8 Å². The Hall–Kier alpha value is -1.55. The molecule has 2 aromatic rings. The third-order valence-electron chi connectivity index (χ3n) is 2.81. The number of halogens is 1. The number of benzene rings is 1. The Balaban J connectivity index is 2.24. The molecule has 0 aliphatic heterocycles. The zero-order valence-corrected chi connectivity index (χ0v) is 11.4. The summed E-state index contributed by atoms with van der Waals surface area (Å²) in [6, 6.07) is 4.51. The zero-order chi connectivity index (χ0) is 13.3. The van der Waals surface area contributed by atoms with E-state index in [0.717, 1.165) is 21.8 Å². The van der Waals surface area contributed by atoms with Gasteiger partial charge in [-0.25, -0.2) is 9.37 Å². The van der Waals surface area contributed by atoms with Gasteiger partial charge in [0.1, 0.15) is 5.82 Å². The minimum absolute atomic E-state index is 0.0489. The van der Waals surface area contributed by atoms with Crippen molar-refractivity contribution in [1.82, 2.24) is 4.98 Å². The fourth-order valence-corrected chi connectivity index (χ4v) is 2.76. The zero-order valence-electron chi connectivity index (χ0n) is 10.6. The van der Waals surface area contributed by atoms with Crippen molar-refractivity contribution in [2.24, 2.45) is 0 Å². The Morgan fingerprint density at radius 3 is 2.61 bits per heavy atom. The molecule has 0 aliphatic carbocycles. The number of rotatable bonds is 3. The van der Waals surface area contributed by atoms with Crippen molar-refractivity contribution in [1.29, 1.82) is 0 Å². The van der Waals surface area contributed by atoms with Gasteiger partial charge in [0, 0.05) is 6.42 Å². The largest absolute Gasteiger partial charge is 0.293 e. The first-order valence-corrected chi connectivity index (χ1v) is 6.51. The van der Waals surface area contributed by atoms with E-state index < -0.39 is 0 Å². The average molecular weight is 263 g/mol. The van der Waals surface area contributed by atoms with Gasteiger partial charge in [-0.1, -0.05) is 6.07 Å². The van der Waals surface area contributed by atoms with Crippen LogP contribution in [0.25, 0.3) is 0 Å². The second-order valence-electron chi connectivity index (χ2n) is 4.32. The molecular formula is C14H14FNOS. The highest BCUT2D eigenvalue weighted by molar-refractivity contribution is 7.13. The predicted octanol–water partition coefficient (Wildman–Crippen LogP) is 3.63. The standard InChI is InChI=1S/C14H14FNOS/c1-8-6-12(15)5-4-11(8)7-13(17)14-9(2)16-10(3)18-14/h4-6H,7H2,1-3H3. The molecule has 0 spiro atoms. The van der Waals surface area contributed by atoms with E-state index in [2.05, 4.69) is 4.98 Å². The van der Waals surface area contributed by atoms with E-state index in [9.17, 15) is 9.18 Å². The van der Waals surface area contributed by atoms with Crippen molar-refractivity contribution < 1.29 is 9.18 Å². The molecule has 0 fully saturated rings. The molecule has 1 aromatic carbocycles. The summed E-state index contributed by atoms with van der Waals surface area (Å²) < 4.78 is 13.0. The van der Waals surface area contributed by atoms with Crippen LogP contribution in [0, 0.1) is 26.6 Å². The van der Waals surface area contributed by atoms with E-state index in [0.29, 0.717) is 11.3 Å². The van der Waals surface area contributed by atoms with Crippen LogP contribution in [-0.2, 0) is 6.42 Å². The van der Waals surface area contributed by atoms with Crippen LogP contribution in [0.1, 0.15) is 31.5 Å². The third-order valence-corrected chi connectivity index (χ3v) is 3.93. The quantitative estimate of drug-likeness (QED) is 0.791. The molecule has 0 aliphatic rings. The lowest BCUT2D eigenvalue weighted by Crippen LogP contribution is -2.04. The average Bonchev–Trinajstić information content (AvgIpc) is 2.62. The maximum absolute atomic E-state index is 13.0. The number of hydrogen-bond donors (Lipinski definition) is 0. The fraction of sp³-hybridized carbons (Fsp3) is 0.286. The molecule has 94 valence electrons. The Kier molecular flexibility index (Phi) is 3.57. The Bertz CT molecular complexity index is 604. The highest BCUT2D eigenvalue weighted by Gasteiger charge is 2.15. The number of carbonyl (C=O) groups excluding carboxylic acids is 1. The number of hydrogen-bond acceptors (Lipinski definition) is 3. The molecule has 1 heterocycles. The van der Waals surface area contributed by atoms with Gasteiger partial charge in [-0.2, -0.15) is 0 Å². The molecule has 0 bridgehead atoms. The summed E-state index contributed by atoms with van der Waals surface area (Å²) in [6.45, 7) is 5.54. The van der Waals surface area contributed by atoms with E-state index >= 15 is 0 Å². The maximum atomic E-state index is 13.0. The molecular weight excluding hydrogens is 249 g/mol. The van der Waals surface area contributed by atoms with Gasteiger partial charge < -0.3 is 0 Å².